The van der Waals surface area contributed by atoms with Gasteiger partial charge in [-0.3, -0.25) is 0 Å². The van der Waals surface area contributed by atoms with E-state index in [1.165, 1.54) is 0 Å². The van der Waals surface area contributed by atoms with Crippen molar-refractivity contribution in [2.45, 2.75) is 5.38 Å². The first-order valence-electron chi connectivity index (χ1n) is 5.80. The SMILES string of the molecule is COc1ccc(C(Cl)c2ccc(Br)s2)c(OC)c1OC. The zero-order valence-electron chi connectivity index (χ0n) is 11.3. The normalized spacial score (nSPS) is 12.1. The minimum absolute atomic E-state index is 0.305. The van der Waals surface area contributed by atoms with E-state index in [2.05, 4.69) is 15.9 Å². The maximum atomic E-state index is 6.57. The van der Waals surface area contributed by atoms with E-state index in [1.54, 1.807) is 32.7 Å². The summed E-state index contributed by atoms with van der Waals surface area (Å²) in [4.78, 5) is 1.03. The summed E-state index contributed by atoms with van der Waals surface area (Å²) in [7, 11) is 4.76. The fraction of sp³-hybridized carbons (Fsp3) is 0.286. The highest BCUT2D eigenvalue weighted by Crippen LogP contribution is 2.46. The predicted octanol–water partition coefficient (Wildman–Crippen LogP) is 4.86. The van der Waals surface area contributed by atoms with Gasteiger partial charge in [0.2, 0.25) is 5.75 Å². The summed E-state index contributed by atoms with van der Waals surface area (Å²) in [5.41, 5.74) is 0.848. The Morgan fingerprint density at radius 3 is 2.20 bits per heavy atom. The lowest BCUT2D eigenvalue weighted by atomic mass is 10.1. The summed E-state index contributed by atoms with van der Waals surface area (Å²) in [6.45, 7) is 0. The Bertz CT molecular complexity index is 600. The van der Waals surface area contributed by atoms with Crippen LogP contribution in [0.1, 0.15) is 15.8 Å². The molecule has 3 nitrogen and oxygen atoms in total. The van der Waals surface area contributed by atoms with Gasteiger partial charge in [-0.25, -0.2) is 0 Å². The van der Waals surface area contributed by atoms with Gasteiger partial charge in [0.1, 0.15) is 0 Å². The van der Waals surface area contributed by atoms with Crippen molar-refractivity contribution < 1.29 is 14.2 Å². The summed E-state index contributed by atoms with van der Waals surface area (Å²) < 4.78 is 17.1. The van der Waals surface area contributed by atoms with E-state index in [9.17, 15) is 0 Å². The molecule has 0 saturated carbocycles. The van der Waals surface area contributed by atoms with Crippen molar-refractivity contribution in [1.29, 1.82) is 0 Å². The van der Waals surface area contributed by atoms with Gasteiger partial charge in [-0.2, -0.15) is 0 Å². The van der Waals surface area contributed by atoms with E-state index in [4.69, 9.17) is 25.8 Å². The monoisotopic (exact) mass is 376 g/mol. The summed E-state index contributed by atoms with van der Waals surface area (Å²) in [5.74, 6) is 1.76. The lowest BCUT2D eigenvalue weighted by molar-refractivity contribution is 0.322. The number of methoxy groups -OCH3 is 3. The van der Waals surface area contributed by atoms with Crippen LogP contribution in [-0.4, -0.2) is 21.3 Å². The van der Waals surface area contributed by atoms with E-state index in [-0.39, 0.29) is 5.38 Å². The quantitative estimate of drug-likeness (QED) is 0.696. The summed E-state index contributed by atoms with van der Waals surface area (Å²) in [5, 5.41) is -0.305. The zero-order valence-corrected chi connectivity index (χ0v) is 14.4. The summed E-state index contributed by atoms with van der Waals surface area (Å²) in [6, 6.07) is 7.69. The molecule has 1 atom stereocenters. The van der Waals surface area contributed by atoms with Crippen LogP contribution in [0.5, 0.6) is 17.2 Å². The molecule has 2 rings (SSSR count). The van der Waals surface area contributed by atoms with Crippen molar-refractivity contribution in [3.05, 3.63) is 38.5 Å². The van der Waals surface area contributed by atoms with Gasteiger partial charge in [0, 0.05) is 10.4 Å². The molecule has 0 aliphatic carbocycles. The van der Waals surface area contributed by atoms with Gasteiger partial charge in [0.15, 0.2) is 11.5 Å². The zero-order chi connectivity index (χ0) is 14.7. The second-order valence-electron chi connectivity index (χ2n) is 3.93. The molecular formula is C14H14BrClO3S. The van der Waals surface area contributed by atoms with Crippen LogP contribution in [0, 0.1) is 0 Å². The highest BCUT2D eigenvalue weighted by Gasteiger charge is 2.23. The van der Waals surface area contributed by atoms with Crippen LogP contribution < -0.4 is 14.2 Å². The number of thiophene rings is 1. The molecule has 0 aliphatic heterocycles. The number of alkyl halides is 1. The fourth-order valence-corrected chi connectivity index (χ4v) is 3.74. The van der Waals surface area contributed by atoms with E-state index >= 15 is 0 Å². The van der Waals surface area contributed by atoms with Gasteiger partial charge in [-0.1, -0.05) is 0 Å². The van der Waals surface area contributed by atoms with E-state index in [0.29, 0.717) is 17.2 Å². The van der Waals surface area contributed by atoms with Gasteiger partial charge in [0.25, 0.3) is 0 Å². The first kappa shape index (κ1) is 15.5. The molecular weight excluding hydrogens is 364 g/mol. The number of hydrogen-bond donors (Lipinski definition) is 0. The highest BCUT2D eigenvalue weighted by atomic mass is 79.9. The lowest BCUT2D eigenvalue weighted by Gasteiger charge is -2.18. The molecule has 1 aromatic carbocycles. The largest absolute Gasteiger partial charge is 0.493 e. The van der Waals surface area contributed by atoms with Gasteiger partial charge in [-0.15, -0.1) is 22.9 Å². The van der Waals surface area contributed by atoms with Crippen molar-refractivity contribution in [3.63, 3.8) is 0 Å². The second kappa shape index (κ2) is 6.70. The average Bonchev–Trinajstić information content (AvgIpc) is 2.91. The molecule has 0 N–H and O–H groups in total. The first-order chi connectivity index (χ1) is 9.62. The Morgan fingerprint density at radius 2 is 1.70 bits per heavy atom. The van der Waals surface area contributed by atoms with Crippen molar-refractivity contribution in [1.82, 2.24) is 0 Å². The van der Waals surface area contributed by atoms with Crippen LogP contribution >= 0.6 is 38.9 Å². The molecule has 0 amide bonds. The molecule has 0 radical (unpaired) electrons. The third-order valence-electron chi connectivity index (χ3n) is 2.85. The molecule has 0 aliphatic rings. The van der Waals surface area contributed by atoms with Crippen LogP contribution in [-0.2, 0) is 0 Å². The van der Waals surface area contributed by atoms with Gasteiger partial charge < -0.3 is 14.2 Å². The number of ether oxygens (including phenoxy) is 3. The molecule has 0 bridgehead atoms. The highest BCUT2D eigenvalue weighted by molar-refractivity contribution is 9.11. The van der Waals surface area contributed by atoms with Crippen molar-refractivity contribution in [3.8, 4) is 17.2 Å². The van der Waals surface area contributed by atoms with Crippen molar-refractivity contribution in [2.24, 2.45) is 0 Å². The molecule has 0 fully saturated rings. The van der Waals surface area contributed by atoms with E-state index in [0.717, 1.165) is 14.2 Å². The maximum Gasteiger partial charge on any atom is 0.203 e. The second-order valence-corrected chi connectivity index (χ2v) is 6.86. The molecule has 0 spiro atoms. The Hall–Kier alpha value is -0.910. The lowest BCUT2D eigenvalue weighted by Crippen LogP contribution is -2.00. The molecule has 20 heavy (non-hydrogen) atoms. The number of benzene rings is 1. The van der Waals surface area contributed by atoms with Gasteiger partial charge >= 0.3 is 0 Å². The van der Waals surface area contributed by atoms with E-state index in [1.807, 2.05) is 24.3 Å². The van der Waals surface area contributed by atoms with Crippen LogP contribution in [0.3, 0.4) is 0 Å². The number of halogens is 2. The van der Waals surface area contributed by atoms with Crippen LogP contribution in [0.4, 0.5) is 0 Å². The van der Waals surface area contributed by atoms with Crippen LogP contribution in [0.2, 0.25) is 0 Å². The molecule has 1 heterocycles. The molecule has 2 aromatic rings. The molecule has 1 unspecified atom stereocenters. The smallest absolute Gasteiger partial charge is 0.203 e. The third-order valence-corrected chi connectivity index (χ3v) is 5.14. The topological polar surface area (TPSA) is 27.7 Å². The van der Waals surface area contributed by atoms with Crippen LogP contribution in [0.25, 0.3) is 0 Å². The Kier molecular flexibility index (Phi) is 5.18. The first-order valence-corrected chi connectivity index (χ1v) is 7.85. The third kappa shape index (κ3) is 2.90. The number of hydrogen-bond acceptors (Lipinski definition) is 4. The van der Waals surface area contributed by atoms with Crippen LogP contribution in [0.15, 0.2) is 28.1 Å². The Morgan fingerprint density at radius 1 is 1.00 bits per heavy atom. The molecule has 1 aromatic heterocycles. The predicted molar refractivity (Wildman–Crippen MR) is 85.8 cm³/mol. The fourth-order valence-electron chi connectivity index (χ4n) is 1.94. The maximum absolute atomic E-state index is 6.57. The minimum Gasteiger partial charge on any atom is -0.493 e. The average molecular weight is 378 g/mol. The van der Waals surface area contributed by atoms with Gasteiger partial charge in [-0.05, 0) is 40.2 Å². The molecule has 6 heteroatoms. The summed E-state index contributed by atoms with van der Waals surface area (Å²) in [6.07, 6.45) is 0. The standard InChI is InChI=1S/C14H14BrClO3S/c1-17-9-5-4-8(13(18-2)14(9)19-3)12(16)10-6-7-11(15)20-10/h4-7,12H,1-3H3. The Balaban J connectivity index is 2.51. The Labute approximate surface area is 135 Å². The van der Waals surface area contributed by atoms with E-state index < -0.39 is 0 Å². The minimum atomic E-state index is -0.305. The van der Waals surface area contributed by atoms with Crippen molar-refractivity contribution >= 4 is 38.9 Å². The van der Waals surface area contributed by atoms with Gasteiger partial charge in [0.05, 0.1) is 30.5 Å². The molecule has 0 saturated heterocycles. The van der Waals surface area contributed by atoms with Crippen molar-refractivity contribution in [2.75, 3.05) is 21.3 Å². The molecule has 108 valence electrons. The number of rotatable bonds is 5. The summed E-state index contributed by atoms with van der Waals surface area (Å²) >= 11 is 11.6.